The zero-order chi connectivity index (χ0) is 17.8. The van der Waals surface area contributed by atoms with Gasteiger partial charge in [0.2, 0.25) is 5.91 Å². The lowest BCUT2D eigenvalue weighted by Crippen LogP contribution is -2.29. The highest BCUT2D eigenvalue weighted by Gasteiger charge is 2.23. The first-order valence-electron chi connectivity index (χ1n) is 8.07. The monoisotopic (exact) mass is 355 g/mol. The first-order valence-corrected chi connectivity index (χ1v) is 8.45. The van der Waals surface area contributed by atoms with Crippen molar-refractivity contribution in [3.8, 4) is 5.75 Å². The molecule has 1 amide bonds. The van der Waals surface area contributed by atoms with E-state index in [2.05, 4.69) is 15.3 Å². The van der Waals surface area contributed by atoms with Crippen LogP contribution in [0, 0.1) is 0 Å². The van der Waals surface area contributed by atoms with Crippen molar-refractivity contribution in [2.75, 3.05) is 0 Å². The van der Waals surface area contributed by atoms with Crippen LogP contribution in [-0.4, -0.2) is 21.0 Å². The molecule has 1 atom stereocenters. The zero-order valence-electron chi connectivity index (χ0n) is 13.7. The molecule has 1 unspecified atom stereocenters. The quantitative estimate of drug-likeness (QED) is 0.725. The fraction of sp³-hybridized carbons (Fsp3) is 0.211. The van der Waals surface area contributed by atoms with E-state index in [0.29, 0.717) is 27.9 Å². The lowest BCUT2D eigenvalue weighted by Gasteiger charge is -2.21. The predicted octanol–water partition coefficient (Wildman–Crippen LogP) is 3.99. The number of aromatic nitrogens is 2. The maximum atomic E-state index is 12.2. The molecule has 0 radical (unpaired) electrons. The Hall–Kier alpha value is -2.66. The first-order chi connectivity index (χ1) is 12.1. The number of nitrogens with one attached hydrogen (secondary N) is 1. The van der Waals surface area contributed by atoms with Crippen LogP contribution in [0.15, 0.2) is 48.9 Å². The molecule has 5 nitrogen and oxygen atoms in total. The smallest absolute Gasteiger partial charge is 0.220 e. The number of aromatic hydroxyl groups is 1. The molecule has 0 aliphatic carbocycles. The van der Waals surface area contributed by atoms with Gasteiger partial charge in [0.15, 0.2) is 0 Å². The summed E-state index contributed by atoms with van der Waals surface area (Å²) in [6.07, 6.45) is 6.04. The van der Waals surface area contributed by atoms with Gasteiger partial charge in [-0.05, 0) is 36.2 Å². The average Bonchev–Trinajstić information content (AvgIpc) is 2.64. The van der Waals surface area contributed by atoms with E-state index >= 15 is 0 Å². The van der Waals surface area contributed by atoms with Crippen molar-refractivity contribution in [2.45, 2.75) is 25.8 Å². The molecular weight excluding hydrogens is 338 g/mol. The normalized spacial score (nSPS) is 12.1. The Morgan fingerprint density at radius 3 is 2.84 bits per heavy atom. The summed E-state index contributed by atoms with van der Waals surface area (Å²) in [5.74, 6) is -0.0985. The van der Waals surface area contributed by atoms with E-state index in [1.54, 1.807) is 42.9 Å². The highest BCUT2D eigenvalue weighted by molar-refractivity contribution is 6.35. The summed E-state index contributed by atoms with van der Waals surface area (Å²) >= 11 is 6.38. The highest BCUT2D eigenvalue weighted by atomic mass is 35.5. The van der Waals surface area contributed by atoms with Crippen LogP contribution in [0.1, 0.15) is 36.9 Å². The Morgan fingerprint density at radius 1 is 1.32 bits per heavy atom. The number of benzene rings is 1. The summed E-state index contributed by atoms with van der Waals surface area (Å²) < 4.78 is 0. The second-order valence-corrected chi connectivity index (χ2v) is 6.14. The lowest BCUT2D eigenvalue weighted by molar-refractivity contribution is -0.121. The molecule has 0 aliphatic rings. The first kappa shape index (κ1) is 17.2. The molecular formula is C19H18ClN3O2. The van der Waals surface area contributed by atoms with E-state index < -0.39 is 6.04 Å². The van der Waals surface area contributed by atoms with Gasteiger partial charge < -0.3 is 10.4 Å². The average molecular weight is 356 g/mol. The van der Waals surface area contributed by atoms with Crippen molar-refractivity contribution in [3.05, 3.63) is 65.1 Å². The summed E-state index contributed by atoms with van der Waals surface area (Å²) in [6, 6.07) is 8.30. The van der Waals surface area contributed by atoms with Gasteiger partial charge in [-0.25, -0.2) is 0 Å². The van der Waals surface area contributed by atoms with Gasteiger partial charge in [0, 0.05) is 36.0 Å². The van der Waals surface area contributed by atoms with Crippen LogP contribution in [0.5, 0.6) is 5.75 Å². The number of hydrogen-bond acceptors (Lipinski definition) is 4. The molecule has 0 bridgehead atoms. The SMILES string of the molecule is CCCC(=O)NC(c1cccnc1)c1cc(Cl)c2cccnc2c1O. The van der Waals surface area contributed by atoms with Crippen LogP contribution < -0.4 is 5.32 Å². The highest BCUT2D eigenvalue weighted by Crippen LogP contribution is 2.38. The van der Waals surface area contributed by atoms with Crippen molar-refractivity contribution in [1.82, 2.24) is 15.3 Å². The minimum Gasteiger partial charge on any atom is -0.505 e. The number of hydrogen-bond donors (Lipinski definition) is 2. The molecule has 1 aromatic carbocycles. The molecule has 0 saturated heterocycles. The lowest BCUT2D eigenvalue weighted by atomic mass is 9.97. The maximum absolute atomic E-state index is 12.2. The van der Waals surface area contributed by atoms with Crippen molar-refractivity contribution in [1.29, 1.82) is 0 Å². The minimum atomic E-state index is -0.559. The number of pyridine rings is 2. The molecule has 0 fully saturated rings. The third kappa shape index (κ3) is 3.56. The second kappa shape index (κ2) is 7.49. The fourth-order valence-electron chi connectivity index (χ4n) is 2.77. The third-order valence-electron chi connectivity index (χ3n) is 3.96. The van der Waals surface area contributed by atoms with Crippen LogP contribution in [0.2, 0.25) is 5.02 Å². The van der Waals surface area contributed by atoms with Gasteiger partial charge in [0.1, 0.15) is 11.3 Å². The number of phenolic OH excluding ortho intramolecular Hbond substituents is 1. The summed E-state index contributed by atoms with van der Waals surface area (Å²) in [4.78, 5) is 20.5. The maximum Gasteiger partial charge on any atom is 0.220 e. The number of nitrogens with zero attached hydrogens (tertiary/aromatic N) is 2. The van der Waals surface area contributed by atoms with Gasteiger partial charge >= 0.3 is 0 Å². The Labute approximate surface area is 150 Å². The van der Waals surface area contributed by atoms with E-state index in [1.165, 1.54) is 0 Å². The van der Waals surface area contributed by atoms with Crippen molar-refractivity contribution in [2.24, 2.45) is 0 Å². The van der Waals surface area contributed by atoms with Crippen LogP contribution in [-0.2, 0) is 4.79 Å². The van der Waals surface area contributed by atoms with Crippen LogP contribution in [0.4, 0.5) is 0 Å². The van der Waals surface area contributed by atoms with Gasteiger partial charge in [0.05, 0.1) is 11.1 Å². The van der Waals surface area contributed by atoms with Crippen LogP contribution in [0.3, 0.4) is 0 Å². The topological polar surface area (TPSA) is 75.1 Å². The number of amides is 1. The van der Waals surface area contributed by atoms with E-state index in [9.17, 15) is 9.90 Å². The van der Waals surface area contributed by atoms with Crippen LogP contribution >= 0.6 is 11.6 Å². The predicted molar refractivity (Wildman–Crippen MR) is 97.5 cm³/mol. The Balaban J connectivity index is 2.14. The number of carbonyl (C=O) groups is 1. The van der Waals surface area contributed by atoms with Crippen molar-refractivity contribution >= 4 is 28.4 Å². The number of fused-ring (bicyclic) bond motifs is 1. The largest absolute Gasteiger partial charge is 0.505 e. The molecule has 25 heavy (non-hydrogen) atoms. The molecule has 6 heteroatoms. The van der Waals surface area contributed by atoms with Gasteiger partial charge in [-0.1, -0.05) is 24.6 Å². The standard InChI is InChI=1S/C19H18ClN3O2/c1-2-5-16(24)23-17(12-6-3-8-21-11-12)14-10-15(20)13-7-4-9-22-18(13)19(14)25/h3-4,6-11,17,25H,2,5H2,1H3,(H,23,24). The summed E-state index contributed by atoms with van der Waals surface area (Å²) in [6.45, 7) is 1.94. The molecule has 3 aromatic rings. The zero-order valence-corrected chi connectivity index (χ0v) is 14.5. The van der Waals surface area contributed by atoms with Crippen molar-refractivity contribution < 1.29 is 9.90 Å². The van der Waals surface area contributed by atoms with Crippen LogP contribution in [0.25, 0.3) is 10.9 Å². The Morgan fingerprint density at radius 2 is 2.12 bits per heavy atom. The van der Waals surface area contributed by atoms with Gasteiger partial charge in [0.25, 0.3) is 0 Å². The Kier molecular flexibility index (Phi) is 5.14. The summed E-state index contributed by atoms with van der Waals surface area (Å²) in [5, 5.41) is 14.8. The second-order valence-electron chi connectivity index (χ2n) is 5.73. The van der Waals surface area contributed by atoms with Crippen molar-refractivity contribution in [3.63, 3.8) is 0 Å². The van der Waals surface area contributed by atoms with Gasteiger partial charge in [-0.3, -0.25) is 14.8 Å². The van der Waals surface area contributed by atoms with E-state index in [4.69, 9.17) is 11.6 Å². The molecule has 128 valence electrons. The van der Waals surface area contributed by atoms with E-state index in [1.807, 2.05) is 13.0 Å². The van der Waals surface area contributed by atoms with Gasteiger partial charge in [-0.15, -0.1) is 0 Å². The molecule has 2 heterocycles. The van der Waals surface area contributed by atoms with E-state index in [-0.39, 0.29) is 11.7 Å². The number of carbonyl (C=O) groups excluding carboxylic acids is 1. The fourth-order valence-corrected chi connectivity index (χ4v) is 3.04. The number of rotatable bonds is 5. The molecule has 0 saturated carbocycles. The number of halogens is 1. The molecule has 2 aromatic heterocycles. The van der Waals surface area contributed by atoms with Gasteiger partial charge in [-0.2, -0.15) is 0 Å². The van der Waals surface area contributed by atoms with E-state index in [0.717, 1.165) is 12.0 Å². The Bertz CT molecular complexity index is 900. The summed E-state index contributed by atoms with van der Waals surface area (Å²) in [7, 11) is 0. The molecule has 0 aliphatic heterocycles. The molecule has 0 spiro atoms. The molecule has 2 N–H and O–H groups in total. The minimum absolute atomic E-state index is 0.00523. The number of phenols is 1. The summed E-state index contributed by atoms with van der Waals surface area (Å²) in [5.41, 5.74) is 1.66. The third-order valence-corrected chi connectivity index (χ3v) is 4.27. The molecule has 3 rings (SSSR count).